The number of ether oxygens (including phenoxy) is 9. The van der Waals surface area contributed by atoms with Crippen LogP contribution in [0.25, 0.3) is 11.1 Å². The number of carbonyl (C=O) groups is 10. The van der Waals surface area contributed by atoms with Crippen LogP contribution in [0.5, 0.6) is 0 Å². The van der Waals surface area contributed by atoms with Gasteiger partial charge in [-0.05, 0) is 76.6 Å². The summed E-state index contributed by atoms with van der Waals surface area (Å²) in [5.41, 5.74) is 2.85. The van der Waals surface area contributed by atoms with Crippen molar-refractivity contribution >= 4 is 59.6 Å². The van der Waals surface area contributed by atoms with Gasteiger partial charge >= 0.3 is 18.3 Å². The maximum Gasteiger partial charge on any atom is 0.407 e. The van der Waals surface area contributed by atoms with E-state index in [1.165, 1.54) is 35.2 Å². The van der Waals surface area contributed by atoms with Crippen molar-refractivity contribution in [1.29, 1.82) is 0 Å². The summed E-state index contributed by atoms with van der Waals surface area (Å²) >= 11 is 0. The number of nitrogens with one attached hydrogen (secondary N) is 5. The summed E-state index contributed by atoms with van der Waals surface area (Å²) < 4.78 is 48.7. The maximum absolute atomic E-state index is 13.9. The summed E-state index contributed by atoms with van der Waals surface area (Å²) in [6.07, 6.45) is -1.83. The number of benzene rings is 2. The highest BCUT2D eigenvalue weighted by Crippen LogP contribution is 2.44. The van der Waals surface area contributed by atoms with Gasteiger partial charge in [0, 0.05) is 60.8 Å². The van der Waals surface area contributed by atoms with E-state index in [0.717, 1.165) is 46.8 Å². The fourth-order valence-corrected chi connectivity index (χ4v) is 8.40. The third-order valence-corrected chi connectivity index (χ3v) is 13.0. The number of carbonyl (C=O) groups excluding carboxylic acids is 10. The van der Waals surface area contributed by atoms with Crippen LogP contribution >= 0.6 is 0 Å². The number of likely N-dealkylation sites (N-methyl/N-ethyl adjacent to an activating group) is 5. The van der Waals surface area contributed by atoms with Crippen LogP contribution in [0.15, 0.2) is 48.5 Å². The topological polar surface area (TPSA) is 330 Å². The molecule has 1 aliphatic rings. The number of alkyl carbamates (subject to hydrolysis) is 3. The Morgan fingerprint density at radius 1 is 0.433 bits per heavy atom. The third kappa shape index (κ3) is 31.7. The van der Waals surface area contributed by atoms with Gasteiger partial charge in [0.15, 0.2) is 0 Å². The lowest BCUT2D eigenvalue weighted by molar-refractivity contribution is -0.144. The van der Waals surface area contributed by atoms with Crippen LogP contribution in [0.1, 0.15) is 71.4 Å². The van der Waals surface area contributed by atoms with Crippen molar-refractivity contribution in [3.8, 4) is 11.1 Å². The molecule has 0 aromatic heterocycles. The van der Waals surface area contributed by atoms with Gasteiger partial charge in [-0.25, -0.2) is 14.4 Å². The molecule has 0 radical (unpaired) electrons. The molecule has 0 aliphatic heterocycles. The number of amides is 10. The van der Waals surface area contributed by atoms with E-state index >= 15 is 0 Å². The number of hydrogen-bond acceptors (Lipinski definition) is 19. The van der Waals surface area contributed by atoms with Crippen molar-refractivity contribution in [2.24, 2.45) is 0 Å². The highest BCUT2D eigenvalue weighted by molar-refractivity contribution is 5.94. The highest BCUT2D eigenvalue weighted by Gasteiger charge is 2.31. The molecule has 0 saturated carbocycles. The summed E-state index contributed by atoms with van der Waals surface area (Å²) in [5.74, 6) is -4.51. The van der Waals surface area contributed by atoms with E-state index in [4.69, 9.17) is 42.6 Å². The summed E-state index contributed by atoms with van der Waals surface area (Å²) in [4.78, 5) is 135. The Hall–Kier alpha value is -7.70. The molecule has 1 atom stereocenters. The molecule has 90 heavy (non-hydrogen) atoms. The van der Waals surface area contributed by atoms with Crippen molar-refractivity contribution in [3.63, 3.8) is 0 Å². The van der Waals surface area contributed by atoms with Crippen molar-refractivity contribution in [2.45, 2.75) is 77.5 Å². The molecule has 2 aromatic carbocycles. The quantitative estimate of drug-likeness (QED) is 0.0463. The molecule has 0 bridgehead atoms. The average Bonchev–Trinajstić information content (AvgIpc) is 2.45. The van der Waals surface area contributed by atoms with Gasteiger partial charge in [0.2, 0.25) is 41.4 Å². The number of nitrogens with zero attached hydrogens (tertiary/aromatic N) is 5. The van der Waals surface area contributed by atoms with E-state index in [1.54, 1.807) is 41.5 Å². The molecule has 3 rings (SSSR count). The largest absolute Gasteiger partial charge is 0.449 e. The average molecular weight is 1270 g/mol. The molecule has 2 aromatic rings. The zero-order chi connectivity index (χ0) is 66.7. The van der Waals surface area contributed by atoms with Gasteiger partial charge in [0.05, 0.1) is 112 Å². The standard InChI is InChI=1S/C61H96N10O19/c1-60(2,3)89-58(80)63-22-16-21-49(66-51(73)39-68(8)53(75)40-69(9)52(74)37-65-57(79)88-43-48-46-19-14-12-17-44(46)45-18-13-15-20-47(45)48)56(78)71(11)42-55(77)70(10)41-54(76)67(7)38-50(72)62-23-25-82-27-29-84-31-33-86-35-36-87-34-32-85-30-28-83-26-24-64-59(81)90-61(4,5)6/h12-15,17-20,48-49H,16,21-43H2,1-11H3,(H,62,72)(H,63,80)(H,64,81)(H,65,79)(H,66,73). The zero-order valence-electron chi connectivity index (χ0n) is 54.2. The first-order valence-corrected chi connectivity index (χ1v) is 29.9. The molecule has 10 amide bonds. The Morgan fingerprint density at radius 3 is 1.27 bits per heavy atom. The zero-order valence-corrected chi connectivity index (χ0v) is 54.2. The van der Waals surface area contributed by atoms with Gasteiger partial charge in [0.1, 0.15) is 30.4 Å². The van der Waals surface area contributed by atoms with Gasteiger partial charge in [-0.2, -0.15) is 0 Å². The second-order valence-corrected chi connectivity index (χ2v) is 23.0. The monoisotopic (exact) mass is 1270 g/mol. The second kappa shape index (κ2) is 40.8. The summed E-state index contributed by atoms with van der Waals surface area (Å²) in [6, 6.07) is 14.5. The summed E-state index contributed by atoms with van der Waals surface area (Å²) in [6.45, 7) is 12.5. The van der Waals surface area contributed by atoms with Gasteiger partial charge in [-0.3, -0.25) is 33.6 Å². The summed E-state index contributed by atoms with van der Waals surface area (Å²) in [7, 11) is 6.78. The molecule has 0 fully saturated rings. The fourth-order valence-electron chi connectivity index (χ4n) is 8.40. The Morgan fingerprint density at radius 2 is 0.811 bits per heavy atom. The second-order valence-electron chi connectivity index (χ2n) is 23.0. The van der Waals surface area contributed by atoms with E-state index in [1.807, 2.05) is 48.5 Å². The lowest BCUT2D eigenvalue weighted by atomic mass is 9.98. The van der Waals surface area contributed by atoms with E-state index in [-0.39, 0.29) is 58.2 Å². The van der Waals surface area contributed by atoms with Crippen LogP contribution in [-0.2, 0) is 76.2 Å². The van der Waals surface area contributed by atoms with Gasteiger partial charge < -0.3 is 93.7 Å². The molecule has 0 heterocycles. The molecule has 29 nitrogen and oxygen atoms in total. The Balaban J connectivity index is 1.31. The molecule has 1 aliphatic carbocycles. The minimum absolute atomic E-state index is 0.0135. The maximum atomic E-state index is 13.9. The normalized spacial score (nSPS) is 12.1. The molecule has 504 valence electrons. The van der Waals surface area contributed by atoms with E-state index in [9.17, 15) is 47.9 Å². The first-order chi connectivity index (χ1) is 42.6. The first kappa shape index (κ1) is 76.5. The van der Waals surface area contributed by atoms with E-state index < -0.39 is 110 Å². The van der Waals surface area contributed by atoms with Crippen LogP contribution < -0.4 is 26.6 Å². The molecular weight excluding hydrogens is 1180 g/mol. The predicted molar refractivity (Wildman–Crippen MR) is 329 cm³/mol. The van der Waals surface area contributed by atoms with E-state index in [0.29, 0.717) is 72.6 Å². The smallest absolute Gasteiger partial charge is 0.407 e. The van der Waals surface area contributed by atoms with Crippen molar-refractivity contribution in [1.82, 2.24) is 51.1 Å². The van der Waals surface area contributed by atoms with Crippen molar-refractivity contribution in [2.75, 3.05) is 180 Å². The molecule has 0 saturated heterocycles. The number of fused-ring (bicyclic) bond motifs is 3. The van der Waals surface area contributed by atoms with Crippen LogP contribution in [0.2, 0.25) is 0 Å². The predicted octanol–water partition coefficient (Wildman–Crippen LogP) is 1.35. The lowest BCUT2D eigenvalue weighted by Gasteiger charge is -2.28. The highest BCUT2D eigenvalue weighted by atomic mass is 16.6. The van der Waals surface area contributed by atoms with E-state index in [2.05, 4.69) is 26.6 Å². The van der Waals surface area contributed by atoms with Gasteiger partial charge in [-0.1, -0.05) is 48.5 Å². The fraction of sp³-hybridized carbons (Fsp3) is 0.639. The number of rotatable bonds is 41. The minimum atomic E-state index is -1.24. The minimum Gasteiger partial charge on any atom is -0.449 e. The lowest BCUT2D eigenvalue weighted by Crippen LogP contribution is -2.53. The third-order valence-electron chi connectivity index (χ3n) is 13.0. The van der Waals surface area contributed by atoms with Gasteiger partial charge in [0.25, 0.3) is 0 Å². The summed E-state index contributed by atoms with van der Waals surface area (Å²) in [5, 5.41) is 12.9. The van der Waals surface area contributed by atoms with Crippen LogP contribution in [-0.4, -0.2) is 281 Å². The molecular formula is C61H96N10O19. The van der Waals surface area contributed by atoms with Crippen molar-refractivity contribution < 1.29 is 90.6 Å². The molecule has 5 N–H and O–H groups in total. The Labute approximate surface area is 528 Å². The molecule has 0 spiro atoms. The van der Waals surface area contributed by atoms with Crippen LogP contribution in [0, 0.1) is 0 Å². The molecule has 29 heteroatoms. The van der Waals surface area contributed by atoms with Gasteiger partial charge in [-0.15, -0.1) is 0 Å². The SMILES string of the molecule is CN(CC(=O)NCCOCCOCCOCCOCCOCCOCCNC(=O)OC(C)(C)C)C(=O)CN(C)C(=O)CN(C)C(=O)C(CCCNC(=O)OC(C)(C)C)NC(=O)CN(C)C(=O)CN(C)C(=O)CNC(=O)OCC1c2ccccc2-c2ccccc21. The number of hydrogen-bond donors (Lipinski definition) is 5. The Bertz CT molecular complexity index is 2570. The van der Waals surface area contributed by atoms with Crippen molar-refractivity contribution in [3.05, 3.63) is 59.7 Å². The molecule has 1 unspecified atom stereocenters. The Kier molecular flexibility index (Phi) is 34.7. The first-order valence-electron chi connectivity index (χ1n) is 29.9. The van der Waals surface area contributed by atoms with Crippen LogP contribution in [0.4, 0.5) is 14.4 Å². The van der Waals surface area contributed by atoms with Crippen LogP contribution in [0.3, 0.4) is 0 Å².